The van der Waals surface area contributed by atoms with Crippen LogP contribution in [0.5, 0.6) is 0 Å². The Kier molecular flexibility index (Phi) is 7.71. The van der Waals surface area contributed by atoms with Crippen LogP contribution in [0.1, 0.15) is 12.0 Å². The number of benzene rings is 1. The molecule has 0 bridgehead atoms. The Morgan fingerprint density at radius 1 is 1.35 bits per heavy atom. The van der Waals surface area contributed by atoms with Crippen molar-refractivity contribution < 1.29 is 18.8 Å². The van der Waals surface area contributed by atoms with E-state index in [-0.39, 0.29) is 6.54 Å². The van der Waals surface area contributed by atoms with Gasteiger partial charge in [0, 0.05) is 31.9 Å². The van der Waals surface area contributed by atoms with Gasteiger partial charge in [-0.25, -0.2) is 0 Å². The van der Waals surface area contributed by atoms with E-state index in [1.807, 2.05) is 0 Å². The van der Waals surface area contributed by atoms with Gasteiger partial charge in [0.1, 0.15) is 0 Å². The number of hydrogen-bond acceptors (Lipinski definition) is 5. The van der Waals surface area contributed by atoms with E-state index in [9.17, 15) is 14.5 Å². The number of nitro groups is 1. The standard InChI is InChI=1S/C13H19FN2O4/c1-19-8-9-20-7-3-6-15-10-11-4-2-5-12(13(11)14)16(17)18/h2,4-5,15H,3,6-10H2,1H3. The number of nitrogens with zero attached hydrogens (tertiary/aromatic N) is 1. The smallest absolute Gasteiger partial charge is 0.305 e. The molecule has 0 spiro atoms. The normalized spacial score (nSPS) is 10.7. The summed E-state index contributed by atoms with van der Waals surface area (Å²) in [6.45, 7) is 2.61. The number of nitrogens with one attached hydrogen (secondary N) is 1. The second-order valence-corrected chi connectivity index (χ2v) is 4.14. The lowest BCUT2D eigenvalue weighted by Crippen LogP contribution is -2.18. The third-order valence-electron chi connectivity index (χ3n) is 2.64. The maximum Gasteiger partial charge on any atom is 0.305 e. The second-order valence-electron chi connectivity index (χ2n) is 4.14. The first-order chi connectivity index (χ1) is 9.66. The Balaban J connectivity index is 2.25. The molecule has 0 aliphatic carbocycles. The van der Waals surface area contributed by atoms with Gasteiger partial charge in [0.2, 0.25) is 5.82 Å². The molecule has 0 unspecified atom stereocenters. The summed E-state index contributed by atoms with van der Waals surface area (Å²) in [6.07, 6.45) is 0.778. The third-order valence-corrected chi connectivity index (χ3v) is 2.64. The van der Waals surface area contributed by atoms with Crippen molar-refractivity contribution >= 4 is 5.69 Å². The molecule has 0 aliphatic rings. The van der Waals surface area contributed by atoms with E-state index >= 15 is 0 Å². The molecule has 0 fully saturated rings. The van der Waals surface area contributed by atoms with Crippen LogP contribution in [0.25, 0.3) is 0 Å². The van der Waals surface area contributed by atoms with Gasteiger partial charge in [0.15, 0.2) is 0 Å². The summed E-state index contributed by atoms with van der Waals surface area (Å²) in [5.41, 5.74) is -0.202. The minimum Gasteiger partial charge on any atom is -0.382 e. The Morgan fingerprint density at radius 3 is 2.85 bits per heavy atom. The number of rotatable bonds is 10. The zero-order chi connectivity index (χ0) is 14.8. The van der Waals surface area contributed by atoms with Crippen LogP contribution in [0.3, 0.4) is 0 Å². The van der Waals surface area contributed by atoms with Gasteiger partial charge in [-0.1, -0.05) is 12.1 Å². The molecule has 0 radical (unpaired) electrons. The molecule has 0 amide bonds. The molecule has 20 heavy (non-hydrogen) atoms. The summed E-state index contributed by atoms with van der Waals surface area (Å²) in [5, 5.41) is 13.6. The van der Waals surface area contributed by atoms with E-state index in [2.05, 4.69) is 5.32 Å². The van der Waals surface area contributed by atoms with Gasteiger partial charge in [0.05, 0.1) is 18.1 Å². The molecule has 1 aromatic rings. The largest absolute Gasteiger partial charge is 0.382 e. The number of hydrogen-bond donors (Lipinski definition) is 1. The minimum atomic E-state index is -0.777. The van der Waals surface area contributed by atoms with Gasteiger partial charge >= 0.3 is 5.69 Å². The summed E-state index contributed by atoms with van der Waals surface area (Å²) < 4.78 is 23.8. The fourth-order valence-corrected chi connectivity index (χ4v) is 1.61. The molecular weight excluding hydrogens is 267 g/mol. The molecule has 0 saturated carbocycles. The quantitative estimate of drug-likeness (QED) is 0.404. The van der Waals surface area contributed by atoms with Crippen LogP contribution < -0.4 is 5.32 Å². The van der Waals surface area contributed by atoms with Crippen LogP contribution >= 0.6 is 0 Å². The summed E-state index contributed by atoms with van der Waals surface area (Å²) in [4.78, 5) is 9.87. The van der Waals surface area contributed by atoms with Crippen LogP contribution in [-0.4, -0.2) is 38.4 Å². The Bertz CT molecular complexity index is 429. The van der Waals surface area contributed by atoms with Crippen molar-refractivity contribution in [1.82, 2.24) is 5.32 Å². The summed E-state index contributed by atoms with van der Waals surface area (Å²) in [7, 11) is 1.61. The van der Waals surface area contributed by atoms with E-state index in [1.54, 1.807) is 7.11 Å². The van der Waals surface area contributed by atoms with Crippen molar-refractivity contribution in [2.75, 3.05) is 33.5 Å². The van der Waals surface area contributed by atoms with Crippen LogP contribution in [-0.2, 0) is 16.0 Å². The van der Waals surface area contributed by atoms with Crippen molar-refractivity contribution in [3.63, 3.8) is 0 Å². The minimum absolute atomic E-state index is 0.256. The van der Waals surface area contributed by atoms with Crippen molar-refractivity contribution in [1.29, 1.82) is 0 Å². The molecule has 0 saturated heterocycles. The van der Waals surface area contributed by atoms with Crippen molar-refractivity contribution in [2.24, 2.45) is 0 Å². The molecule has 6 nitrogen and oxygen atoms in total. The van der Waals surface area contributed by atoms with Crippen LogP contribution in [0, 0.1) is 15.9 Å². The Morgan fingerprint density at radius 2 is 2.15 bits per heavy atom. The first-order valence-electron chi connectivity index (χ1n) is 6.36. The van der Waals surface area contributed by atoms with Crippen LogP contribution in [0.15, 0.2) is 18.2 Å². The van der Waals surface area contributed by atoms with Crippen LogP contribution in [0.4, 0.5) is 10.1 Å². The second kappa shape index (κ2) is 9.35. The van der Waals surface area contributed by atoms with Gasteiger partial charge in [-0.15, -0.1) is 0 Å². The average Bonchev–Trinajstić information content (AvgIpc) is 2.43. The van der Waals surface area contributed by atoms with E-state index < -0.39 is 16.4 Å². The Labute approximate surface area is 117 Å². The van der Waals surface area contributed by atoms with E-state index in [1.165, 1.54) is 12.1 Å². The highest BCUT2D eigenvalue weighted by molar-refractivity contribution is 5.36. The highest BCUT2D eigenvalue weighted by atomic mass is 19.1. The molecule has 1 rings (SSSR count). The highest BCUT2D eigenvalue weighted by Crippen LogP contribution is 2.19. The zero-order valence-corrected chi connectivity index (χ0v) is 11.4. The maximum absolute atomic E-state index is 13.7. The van der Waals surface area contributed by atoms with Crippen LogP contribution in [0.2, 0.25) is 0 Å². The molecule has 0 heterocycles. The highest BCUT2D eigenvalue weighted by Gasteiger charge is 2.16. The lowest BCUT2D eigenvalue weighted by atomic mass is 10.2. The van der Waals surface area contributed by atoms with Crippen molar-refractivity contribution in [3.8, 4) is 0 Å². The molecule has 0 aromatic heterocycles. The van der Waals surface area contributed by atoms with Gasteiger partial charge in [-0.05, 0) is 13.0 Å². The van der Waals surface area contributed by atoms with Gasteiger partial charge in [-0.3, -0.25) is 10.1 Å². The fraction of sp³-hybridized carbons (Fsp3) is 0.538. The SMILES string of the molecule is COCCOCCCNCc1cccc([N+](=O)[O-])c1F. The molecule has 0 atom stereocenters. The molecule has 1 N–H and O–H groups in total. The maximum atomic E-state index is 13.7. The third kappa shape index (κ3) is 5.60. The number of ether oxygens (including phenoxy) is 2. The van der Waals surface area contributed by atoms with Crippen molar-refractivity contribution in [2.45, 2.75) is 13.0 Å². The average molecular weight is 286 g/mol. The molecular formula is C13H19FN2O4. The zero-order valence-electron chi connectivity index (χ0n) is 11.4. The predicted octanol–water partition coefficient (Wildman–Crippen LogP) is 1.88. The topological polar surface area (TPSA) is 73.6 Å². The fourth-order valence-electron chi connectivity index (χ4n) is 1.61. The summed E-state index contributed by atoms with van der Waals surface area (Å²) in [6, 6.07) is 4.17. The van der Waals surface area contributed by atoms with Gasteiger partial charge in [-0.2, -0.15) is 4.39 Å². The first kappa shape index (κ1) is 16.5. The Hall–Kier alpha value is -1.57. The van der Waals surface area contributed by atoms with E-state index in [0.717, 1.165) is 12.5 Å². The summed E-state index contributed by atoms with van der Waals surface area (Å²) >= 11 is 0. The first-order valence-corrected chi connectivity index (χ1v) is 6.36. The summed E-state index contributed by atoms with van der Waals surface area (Å²) in [5.74, 6) is -0.777. The number of halogens is 1. The van der Waals surface area contributed by atoms with E-state index in [4.69, 9.17) is 9.47 Å². The van der Waals surface area contributed by atoms with E-state index in [0.29, 0.717) is 31.9 Å². The molecule has 1 aromatic carbocycles. The molecule has 7 heteroatoms. The van der Waals surface area contributed by atoms with Gasteiger partial charge < -0.3 is 14.8 Å². The van der Waals surface area contributed by atoms with Gasteiger partial charge in [0.25, 0.3) is 0 Å². The lowest BCUT2D eigenvalue weighted by molar-refractivity contribution is -0.387. The molecule has 0 aliphatic heterocycles. The van der Waals surface area contributed by atoms with Crippen molar-refractivity contribution in [3.05, 3.63) is 39.7 Å². The monoisotopic (exact) mass is 286 g/mol. The predicted molar refractivity (Wildman–Crippen MR) is 72.1 cm³/mol. The lowest BCUT2D eigenvalue weighted by Gasteiger charge is -2.07. The number of methoxy groups -OCH3 is 1. The number of nitro benzene ring substituents is 1. The molecule has 112 valence electrons.